The molecule has 0 atom stereocenters. The van der Waals surface area contributed by atoms with Gasteiger partial charge in [-0.15, -0.1) is 0 Å². The van der Waals surface area contributed by atoms with Crippen LogP contribution in [0.4, 0.5) is 4.79 Å². The third-order valence-corrected chi connectivity index (χ3v) is 3.60. The van der Waals surface area contributed by atoms with Crippen molar-refractivity contribution in [1.82, 2.24) is 4.90 Å². The summed E-state index contributed by atoms with van der Waals surface area (Å²) in [6.07, 6.45) is 0.586. The number of hydrogen-bond acceptors (Lipinski definition) is 3. The second-order valence-corrected chi connectivity index (χ2v) is 4.91. The van der Waals surface area contributed by atoms with Crippen LogP contribution in [0.25, 0.3) is 0 Å². The minimum atomic E-state index is -0.295. The molecule has 1 amide bonds. The molecular formula is C14H19NO3. The number of carbonyl (C=O) groups excluding carboxylic acids is 1. The number of carbonyl (C=O) groups is 1. The van der Waals surface area contributed by atoms with Crippen molar-refractivity contribution in [1.29, 1.82) is 0 Å². The average Bonchev–Trinajstić information content (AvgIpc) is 2.37. The van der Waals surface area contributed by atoms with E-state index < -0.39 is 0 Å². The topological polar surface area (TPSA) is 49.8 Å². The molecule has 1 heterocycles. The Morgan fingerprint density at radius 2 is 2.06 bits per heavy atom. The Bertz CT molecular complexity index is 393. The van der Waals surface area contributed by atoms with Gasteiger partial charge in [0, 0.05) is 18.5 Å². The Balaban J connectivity index is 1.78. The number of ether oxygens (including phenoxy) is 1. The average molecular weight is 249 g/mol. The molecule has 1 saturated heterocycles. The highest BCUT2D eigenvalue weighted by molar-refractivity contribution is 5.69. The van der Waals surface area contributed by atoms with E-state index in [0.717, 1.165) is 12.0 Å². The Morgan fingerprint density at radius 1 is 1.39 bits per heavy atom. The standard InChI is InChI=1S/C14H19NO3/c1-2-14(11-16)9-15(10-14)13(17)18-8-12-6-4-3-5-7-12/h3-7,16H,2,8-11H2,1H3. The summed E-state index contributed by atoms with van der Waals surface area (Å²) in [7, 11) is 0. The molecular weight excluding hydrogens is 230 g/mol. The minimum absolute atomic E-state index is 0.105. The van der Waals surface area contributed by atoms with Crippen LogP contribution in [0.15, 0.2) is 30.3 Å². The number of nitrogens with zero attached hydrogens (tertiary/aromatic N) is 1. The van der Waals surface area contributed by atoms with Gasteiger partial charge in [0.05, 0.1) is 6.61 Å². The second-order valence-electron chi connectivity index (χ2n) is 4.91. The maximum absolute atomic E-state index is 11.7. The molecule has 1 fully saturated rings. The third kappa shape index (κ3) is 2.64. The third-order valence-electron chi connectivity index (χ3n) is 3.60. The number of aliphatic hydroxyl groups excluding tert-OH is 1. The van der Waals surface area contributed by atoms with Crippen molar-refractivity contribution >= 4 is 6.09 Å². The first-order chi connectivity index (χ1) is 8.69. The largest absolute Gasteiger partial charge is 0.445 e. The van der Waals surface area contributed by atoms with Gasteiger partial charge in [-0.05, 0) is 12.0 Å². The van der Waals surface area contributed by atoms with Crippen LogP contribution in [0.2, 0.25) is 0 Å². The highest BCUT2D eigenvalue weighted by atomic mass is 16.6. The number of aliphatic hydroxyl groups is 1. The Labute approximate surface area is 107 Å². The van der Waals surface area contributed by atoms with Crippen LogP contribution in [0.5, 0.6) is 0 Å². The summed E-state index contributed by atoms with van der Waals surface area (Å²) in [5, 5.41) is 9.27. The molecule has 0 bridgehead atoms. The molecule has 4 heteroatoms. The fraction of sp³-hybridized carbons (Fsp3) is 0.500. The molecule has 18 heavy (non-hydrogen) atoms. The Morgan fingerprint density at radius 3 is 2.61 bits per heavy atom. The van der Waals surface area contributed by atoms with E-state index in [0.29, 0.717) is 19.7 Å². The highest BCUT2D eigenvalue weighted by Crippen LogP contribution is 2.33. The maximum Gasteiger partial charge on any atom is 0.410 e. The summed E-state index contributed by atoms with van der Waals surface area (Å²) >= 11 is 0. The van der Waals surface area contributed by atoms with Gasteiger partial charge in [-0.2, -0.15) is 0 Å². The van der Waals surface area contributed by atoms with Gasteiger partial charge in [0.15, 0.2) is 0 Å². The molecule has 0 radical (unpaired) electrons. The fourth-order valence-electron chi connectivity index (χ4n) is 2.14. The van der Waals surface area contributed by atoms with Gasteiger partial charge >= 0.3 is 6.09 Å². The first-order valence-corrected chi connectivity index (χ1v) is 6.25. The molecule has 0 aromatic heterocycles. The zero-order chi connectivity index (χ0) is 13.0. The molecule has 1 aromatic carbocycles. The molecule has 98 valence electrons. The van der Waals surface area contributed by atoms with Gasteiger partial charge in [0.25, 0.3) is 0 Å². The lowest BCUT2D eigenvalue weighted by molar-refractivity contribution is -0.0402. The van der Waals surface area contributed by atoms with E-state index in [1.165, 1.54) is 0 Å². The monoisotopic (exact) mass is 249 g/mol. The quantitative estimate of drug-likeness (QED) is 0.888. The molecule has 1 aromatic rings. The second kappa shape index (κ2) is 5.40. The van der Waals surface area contributed by atoms with E-state index in [1.807, 2.05) is 37.3 Å². The summed E-state index contributed by atoms with van der Waals surface area (Å²) in [6, 6.07) is 9.61. The van der Waals surface area contributed by atoms with Crippen molar-refractivity contribution in [2.45, 2.75) is 20.0 Å². The van der Waals surface area contributed by atoms with Crippen LogP contribution in [0.3, 0.4) is 0 Å². The summed E-state index contributed by atoms with van der Waals surface area (Å²) in [4.78, 5) is 13.4. The predicted molar refractivity (Wildman–Crippen MR) is 68.0 cm³/mol. The summed E-state index contributed by atoms with van der Waals surface area (Å²) in [6.45, 7) is 3.64. The van der Waals surface area contributed by atoms with E-state index in [1.54, 1.807) is 4.90 Å². The number of benzene rings is 1. The van der Waals surface area contributed by atoms with Gasteiger partial charge < -0.3 is 14.7 Å². The van der Waals surface area contributed by atoms with Gasteiger partial charge in [-0.25, -0.2) is 4.79 Å². The molecule has 4 nitrogen and oxygen atoms in total. The molecule has 1 N–H and O–H groups in total. The summed E-state index contributed by atoms with van der Waals surface area (Å²) in [5.41, 5.74) is 0.876. The van der Waals surface area contributed by atoms with Crippen LogP contribution in [0, 0.1) is 5.41 Å². The lowest BCUT2D eigenvalue weighted by Gasteiger charge is -2.47. The molecule has 1 aliphatic heterocycles. The first kappa shape index (κ1) is 12.9. The molecule has 0 unspecified atom stereocenters. The van der Waals surface area contributed by atoms with Gasteiger partial charge in [-0.1, -0.05) is 37.3 Å². The van der Waals surface area contributed by atoms with E-state index in [-0.39, 0.29) is 18.1 Å². The lowest BCUT2D eigenvalue weighted by Crippen LogP contribution is -2.59. The van der Waals surface area contributed by atoms with E-state index in [9.17, 15) is 9.90 Å². The molecule has 0 saturated carbocycles. The van der Waals surface area contributed by atoms with Crippen molar-refractivity contribution in [3.05, 3.63) is 35.9 Å². The zero-order valence-electron chi connectivity index (χ0n) is 10.6. The molecule has 0 spiro atoms. The number of rotatable bonds is 4. The normalized spacial score (nSPS) is 17.1. The van der Waals surface area contributed by atoms with Crippen LogP contribution in [-0.2, 0) is 11.3 Å². The molecule has 1 aliphatic rings. The van der Waals surface area contributed by atoms with Crippen LogP contribution in [0.1, 0.15) is 18.9 Å². The minimum Gasteiger partial charge on any atom is -0.445 e. The van der Waals surface area contributed by atoms with Crippen molar-refractivity contribution in [2.75, 3.05) is 19.7 Å². The van der Waals surface area contributed by atoms with E-state index in [2.05, 4.69) is 0 Å². The SMILES string of the molecule is CCC1(CO)CN(C(=O)OCc2ccccc2)C1. The van der Waals surface area contributed by atoms with E-state index >= 15 is 0 Å². The number of likely N-dealkylation sites (tertiary alicyclic amines) is 1. The number of amides is 1. The smallest absolute Gasteiger partial charge is 0.410 e. The fourth-order valence-corrected chi connectivity index (χ4v) is 2.14. The van der Waals surface area contributed by atoms with Crippen molar-refractivity contribution < 1.29 is 14.6 Å². The van der Waals surface area contributed by atoms with Crippen molar-refractivity contribution in [3.8, 4) is 0 Å². The predicted octanol–water partition coefficient (Wildman–Crippen LogP) is 2.03. The van der Waals surface area contributed by atoms with Gasteiger partial charge in [0.2, 0.25) is 0 Å². The summed E-state index contributed by atoms with van der Waals surface area (Å²) in [5.74, 6) is 0. The van der Waals surface area contributed by atoms with Crippen LogP contribution >= 0.6 is 0 Å². The Kier molecular flexibility index (Phi) is 3.87. The highest BCUT2D eigenvalue weighted by Gasteiger charge is 2.43. The van der Waals surface area contributed by atoms with Crippen molar-refractivity contribution in [3.63, 3.8) is 0 Å². The van der Waals surface area contributed by atoms with Crippen LogP contribution in [-0.4, -0.2) is 35.8 Å². The maximum atomic E-state index is 11.7. The first-order valence-electron chi connectivity index (χ1n) is 6.25. The van der Waals surface area contributed by atoms with Crippen LogP contribution < -0.4 is 0 Å². The molecule has 0 aliphatic carbocycles. The zero-order valence-corrected chi connectivity index (χ0v) is 10.6. The number of hydrogen-bond donors (Lipinski definition) is 1. The van der Waals surface area contributed by atoms with Crippen molar-refractivity contribution in [2.24, 2.45) is 5.41 Å². The summed E-state index contributed by atoms with van der Waals surface area (Å²) < 4.78 is 5.22. The van der Waals surface area contributed by atoms with Gasteiger partial charge in [0.1, 0.15) is 6.61 Å². The Hall–Kier alpha value is -1.55. The van der Waals surface area contributed by atoms with E-state index in [4.69, 9.17) is 4.74 Å². The van der Waals surface area contributed by atoms with Gasteiger partial charge in [-0.3, -0.25) is 0 Å². The molecule has 2 rings (SSSR count). The lowest BCUT2D eigenvalue weighted by atomic mass is 9.78.